The fraction of sp³-hybridized carbons (Fsp3) is 0.647. The molecule has 0 aromatic carbocycles. The molecular formula is C85H134FN20O20P5. The van der Waals surface area contributed by atoms with E-state index in [9.17, 15) is 79.4 Å². The predicted molar refractivity (Wildman–Crippen MR) is 518 cm³/mol. The van der Waals surface area contributed by atoms with E-state index in [1.54, 1.807) is 59.8 Å². The van der Waals surface area contributed by atoms with E-state index in [2.05, 4.69) is 180 Å². The number of hydrogen-bond donors (Lipinski definition) is 15. The van der Waals surface area contributed by atoms with Crippen molar-refractivity contribution in [1.82, 2.24) is 97.6 Å². The van der Waals surface area contributed by atoms with Crippen molar-refractivity contribution in [3.05, 3.63) is 110 Å². The SMILES string of the molecule is C=P(C)(C)CC[C@H]1O[C@@H](n2c(C)nc3c(=O)[nH]c(C)nc32)[C@H](O)[C@@H]1O.C=P(C)(C)CC[C@H]1O[C@@H](n2c(CC)nc3c(=O)[nH]c(C)nc32)[C@H](O)[C@@H]1O.C=P(C)(C)CC[C@H]1O[C@@H](n2c(CCC)nc3c(=O)[nH]c(C)nc32)[C@H](O)[C@@H]1O.C=P(C)(C)CC[C@H]1O[C@@H](n2c(CCCC)nc3c(=O)[nH]c(C)nc32)[C@H](O)[C@@H]1O.C=P(C)(C)CC[C@H]1O[C@@H](n2c(F)nc3c(=O)[nH]c(C)nc32)[C@H](O)[C@@H]1O. The number of fused-ring (bicyclic) bond motifs is 5. The highest BCUT2D eigenvalue weighted by Gasteiger charge is 2.51. The molecule has 5 aliphatic rings. The Bertz CT molecular complexity index is 6200. The molecule has 10 aromatic heterocycles. The first-order valence-electron chi connectivity index (χ1n) is 44.0. The first-order valence-corrected chi connectivity index (χ1v) is 59.3. The lowest BCUT2D eigenvalue weighted by Crippen LogP contribution is -2.32. The number of rotatable bonds is 26. The third-order valence-corrected chi connectivity index (χ3v) is 30.6. The van der Waals surface area contributed by atoms with Crippen molar-refractivity contribution < 1.29 is 79.1 Å². The smallest absolute Gasteiger partial charge is 0.293 e. The van der Waals surface area contributed by atoms with Gasteiger partial charge in [0.25, 0.3) is 33.9 Å². The molecule has 0 unspecified atom stereocenters. The summed E-state index contributed by atoms with van der Waals surface area (Å²) in [7, 11) is 0. The molecule has 20 atom stereocenters. The first kappa shape index (κ1) is 104. The average molecular weight is 1930 g/mol. The minimum atomic E-state index is -1.36. The molecule has 15 heterocycles. The van der Waals surface area contributed by atoms with Gasteiger partial charge in [-0.25, -0.2) is 44.9 Å². The van der Waals surface area contributed by atoms with Crippen molar-refractivity contribution in [1.29, 1.82) is 0 Å². The van der Waals surface area contributed by atoms with Crippen LogP contribution < -0.4 is 27.8 Å². The van der Waals surface area contributed by atoms with Crippen LogP contribution in [0, 0.1) is 47.6 Å². The normalized spacial score (nSPS) is 26.6. The number of hydrogen-bond acceptors (Lipinski definition) is 30. The summed E-state index contributed by atoms with van der Waals surface area (Å²) in [4.78, 5) is 117. The van der Waals surface area contributed by atoms with E-state index in [-0.39, 0.29) is 61.3 Å². The van der Waals surface area contributed by atoms with Crippen LogP contribution in [0.25, 0.3) is 55.8 Å². The minimum absolute atomic E-state index is 0.0272. The van der Waals surface area contributed by atoms with Crippen molar-refractivity contribution >= 4 is 122 Å². The highest BCUT2D eigenvalue weighted by Crippen LogP contribution is 2.46. The van der Waals surface area contributed by atoms with Crippen LogP contribution in [0.1, 0.15) is 156 Å². The second kappa shape index (κ2) is 41.6. The number of aliphatic hydroxyl groups is 10. The van der Waals surface area contributed by atoms with Crippen LogP contribution in [0.4, 0.5) is 4.39 Å². The van der Waals surface area contributed by atoms with Crippen molar-refractivity contribution in [3.63, 3.8) is 0 Å². The minimum Gasteiger partial charge on any atom is -0.388 e. The molecule has 131 heavy (non-hydrogen) atoms. The lowest BCUT2D eigenvalue weighted by Gasteiger charge is -2.20. The maximum absolute atomic E-state index is 14.4. The number of aliphatic hydroxyl groups excluding tert-OH is 10. The lowest BCUT2D eigenvalue weighted by atomic mass is 10.1. The van der Waals surface area contributed by atoms with Gasteiger partial charge >= 0.3 is 0 Å². The molecule has 15 N–H and O–H groups in total. The van der Waals surface area contributed by atoms with Gasteiger partial charge in [-0.1, -0.05) is 27.2 Å². The standard InChI is InChI=1S/C19H31N4O4P.C18H29N4O4P.C17H27N4O4P.C16H25N4O4P.C15H22FN4O4P/c1-6-7-8-13-22-14-17(20-11(2)21-18(14)26)23(13)19-16(25)15(24)12(27-19)9-10-28(3,4)5;1-6-7-12-21-13-16(19-10(2)20-17(13)25)22(12)18-15(24)14(23)11(26-18)8-9-27(3,4)5;1-6-11-20-12-15(18-9(2)19-16(12)24)21(11)17-14(23)13(22)10(25-17)7-8-26(3,4)5;1-8-17-14-11(15(23)18-8)19-9(2)20(14)16-13(22)12(21)10(24-16)6-7-25(3,4)5;1-7-17-12-9(13(23)18-7)19-15(16)20(12)14-11(22)10(21)8(24-14)5-6-25(2,3)4/h12,15-16,19,24-25H,3,6-10H2,1-2,4-5H3,(H,20,21,26);11,14-15,18,23-24H,3,6-9H2,1-2,4-5H3,(H,19,20,25);10,13-14,17,22-23H,3,6-8H2,1-2,4-5H3,(H,18,19,24);10,12-13,16,21-22H,3,6-7H2,1-2,4-5H3,(H,17,18,23);8,10-11,14,21-22H,2,5-6H2,1,3-4H3,(H,17,18,23)/t12-,15-,16-,19-;11-,14-,15-,18-;10-,13-,14-,17-;10-,12-,13-,16-;8-,10-,11-,14-/m11111/s1. The van der Waals surface area contributed by atoms with Gasteiger partial charge in [-0.2, -0.15) is 9.37 Å². The molecular weight excluding hydrogens is 1790 g/mol. The third-order valence-electron chi connectivity index (χ3n) is 23.3. The van der Waals surface area contributed by atoms with Crippen molar-refractivity contribution in [2.75, 3.05) is 97.5 Å². The molecule has 5 fully saturated rings. The summed E-state index contributed by atoms with van der Waals surface area (Å²) in [5, 5.41) is 105. The van der Waals surface area contributed by atoms with Gasteiger partial charge in [-0.15, -0.1) is 65.9 Å². The maximum atomic E-state index is 14.4. The zero-order valence-electron chi connectivity index (χ0n) is 78.3. The second-order valence-electron chi connectivity index (χ2n) is 38.3. The van der Waals surface area contributed by atoms with Gasteiger partial charge < -0.3 is 99.7 Å². The van der Waals surface area contributed by atoms with Crippen LogP contribution in [-0.4, -0.2) is 369 Å². The van der Waals surface area contributed by atoms with E-state index < -0.39 is 169 Å². The van der Waals surface area contributed by atoms with E-state index in [1.165, 1.54) is 0 Å². The molecule has 15 rings (SSSR count). The number of imidazole rings is 5. The lowest BCUT2D eigenvalue weighted by molar-refractivity contribution is -0.0413. The maximum Gasteiger partial charge on any atom is 0.293 e. The molecule has 0 aliphatic carbocycles. The summed E-state index contributed by atoms with van der Waals surface area (Å²) in [6.07, 6.45) is 13.4. The van der Waals surface area contributed by atoms with Crippen molar-refractivity contribution in [2.45, 2.75) is 256 Å². The number of H-pyrrole nitrogens is 5. The summed E-state index contributed by atoms with van der Waals surface area (Å²) in [6, 6.07) is 0. The van der Waals surface area contributed by atoms with Crippen LogP contribution in [0.5, 0.6) is 0 Å². The molecule has 10 aromatic rings. The number of halogens is 1. The highest BCUT2D eigenvalue weighted by molar-refractivity contribution is 7.73. The average Bonchev–Trinajstić information content (AvgIpc) is 1.52. The van der Waals surface area contributed by atoms with Gasteiger partial charge in [0, 0.05) is 19.3 Å². The molecule has 726 valence electrons. The van der Waals surface area contributed by atoms with Crippen LogP contribution in [0.3, 0.4) is 0 Å². The summed E-state index contributed by atoms with van der Waals surface area (Å²) >= 11 is 0. The Morgan fingerprint density at radius 3 is 0.809 bits per heavy atom. The zero-order chi connectivity index (χ0) is 96.8. The van der Waals surface area contributed by atoms with Crippen LogP contribution in [0.15, 0.2) is 24.0 Å². The van der Waals surface area contributed by atoms with E-state index in [0.717, 1.165) is 54.6 Å². The molecule has 5 saturated heterocycles. The van der Waals surface area contributed by atoms with Gasteiger partial charge in [0.1, 0.15) is 113 Å². The second-order valence-corrected chi connectivity index (χ2v) is 59.9. The van der Waals surface area contributed by atoms with E-state index in [1.807, 2.05) is 13.8 Å². The van der Waals surface area contributed by atoms with Gasteiger partial charge in [-0.05, 0) is 184 Å². The molecule has 0 saturated carbocycles. The fourth-order valence-corrected chi connectivity index (χ4v) is 21.2. The predicted octanol–water partition coefficient (Wildman–Crippen LogP) is 4.04. The Kier molecular flexibility index (Phi) is 33.1. The summed E-state index contributed by atoms with van der Waals surface area (Å²) in [5.41, 5.74) is 0.267. The molecule has 40 nitrogen and oxygen atoms in total. The van der Waals surface area contributed by atoms with Gasteiger partial charge in [0.05, 0.1) is 30.5 Å². The number of nitrogens with zero attached hydrogens (tertiary/aromatic N) is 15. The van der Waals surface area contributed by atoms with Crippen molar-refractivity contribution in [2.24, 2.45) is 0 Å². The molecule has 0 radical (unpaired) electrons. The third kappa shape index (κ3) is 24.2. The van der Waals surface area contributed by atoms with E-state index in [4.69, 9.17) is 23.7 Å². The fourth-order valence-electron chi connectivity index (χ4n) is 16.5. The topological polar surface area (TPSA) is 566 Å². The summed E-state index contributed by atoms with van der Waals surface area (Å²) < 4.78 is 51.7. The van der Waals surface area contributed by atoms with Gasteiger partial charge in [0.15, 0.2) is 87.0 Å². The van der Waals surface area contributed by atoms with Crippen LogP contribution in [-0.2, 0) is 42.9 Å². The number of aromatic amines is 5. The van der Waals surface area contributed by atoms with Crippen molar-refractivity contribution in [3.8, 4) is 0 Å². The Morgan fingerprint density at radius 2 is 0.542 bits per heavy atom. The quantitative estimate of drug-likeness (QED) is 0.0269. The number of ether oxygens (including phenoxy) is 5. The number of aryl methyl sites for hydroxylation is 9. The highest BCUT2D eigenvalue weighted by atomic mass is 31.2. The Morgan fingerprint density at radius 1 is 0.313 bits per heavy atom. The number of nitrogens with one attached hydrogen (secondary N) is 5. The molecule has 0 amide bonds. The molecule has 46 heteroatoms. The largest absolute Gasteiger partial charge is 0.388 e. The summed E-state index contributed by atoms with van der Waals surface area (Å²) in [5.74, 6) is 4.48. The van der Waals surface area contributed by atoms with Crippen LogP contribution in [0.2, 0.25) is 0 Å². The number of unbranched alkanes of at least 4 members (excludes halogenated alkanes) is 1. The van der Waals surface area contributed by atoms with Gasteiger partial charge in [0.2, 0.25) is 0 Å². The monoisotopic (exact) mass is 1930 g/mol. The first-order chi connectivity index (χ1) is 61.0. The molecule has 0 bridgehead atoms. The van der Waals surface area contributed by atoms with E-state index >= 15 is 0 Å². The Hall–Kier alpha value is -7.42. The number of aromatic nitrogens is 20. The molecule has 5 aliphatic heterocycles. The Balaban J connectivity index is 0.000000158. The van der Waals surface area contributed by atoms with Gasteiger partial charge in [-0.3, -0.25) is 46.8 Å². The van der Waals surface area contributed by atoms with Crippen LogP contribution >= 0.6 is 34.4 Å². The molecule has 0 spiro atoms. The summed E-state index contributed by atoms with van der Waals surface area (Å²) in [6.45, 7) is 30.8. The zero-order valence-corrected chi connectivity index (χ0v) is 82.7. The van der Waals surface area contributed by atoms with E-state index in [0.29, 0.717) is 121 Å². The Labute approximate surface area is 758 Å².